The standard InChI is InChI=1S/C16H16N4OS2/c17-14(21)11-20-15(13-7-4-9-22-13)18-19-16(20)23-10-8-12-5-2-1-3-6-12/h1-7,9H,8,10-11H2,(H2,17,21). The lowest BCUT2D eigenvalue weighted by molar-refractivity contribution is -0.118. The second-order valence-corrected chi connectivity index (χ2v) is 6.93. The third kappa shape index (κ3) is 4.00. The summed E-state index contributed by atoms with van der Waals surface area (Å²) in [6.45, 7) is 0.0912. The van der Waals surface area contributed by atoms with Gasteiger partial charge in [-0.2, -0.15) is 0 Å². The Labute approximate surface area is 142 Å². The molecule has 0 saturated carbocycles. The van der Waals surface area contributed by atoms with Crippen molar-refractivity contribution in [2.45, 2.75) is 18.1 Å². The maximum Gasteiger partial charge on any atom is 0.237 e. The molecule has 2 N–H and O–H groups in total. The number of primary amides is 1. The van der Waals surface area contributed by atoms with Crippen LogP contribution in [0.1, 0.15) is 5.56 Å². The van der Waals surface area contributed by atoms with Crippen molar-refractivity contribution >= 4 is 29.0 Å². The van der Waals surface area contributed by atoms with E-state index in [1.165, 1.54) is 5.56 Å². The van der Waals surface area contributed by atoms with Gasteiger partial charge in [-0.1, -0.05) is 48.2 Å². The minimum absolute atomic E-state index is 0.0912. The van der Waals surface area contributed by atoms with Crippen LogP contribution in [0, 0.1) is 0 Å². The van der Waals surface area contributed by atoms with E-state index < -0.39 is 5.91 Å². The number of benzene rings is 1. The SMILES string of the molecule is NC(=O)Cn1c(SCCc2ccccc2)nnc1-c1cccs1. The maximum atomic E-state index is 11.4. The Morgan fingerprint density at radius 1 is 1.17 bits per heavy atom. The topological polar surface area (TPSA) is 73.8 Å². The molecule has 1 amide bonds. The summed E-state index contributed by atoms with van der Waals surface area (Å²) >= 11 is 3.15. The molecule has 5 nitrogen and oxygen atoms in total. The zero-order chi connectivity index (χ0) is 16.1. The van der Waals surface area contributed by atoms with Crippen LogP contribution >= 0.6 is 23.1 Å². The van der Waals surface area contributed by atoms with Gasteiger partial charge in [0.15, 0.2) is 11.0 Å². The van der Waals surface area contributed by atoms with E-state index in [-0.39, 0.29) is 6.54 Å². The van der Waals surface area contributed by atoms with E-state index in [2.05, 4.69) is 22.3 Å². The Balaban J connectivity index is 1.75. The average Bonchev–Trinajstić information content (AvgIpc) is 3.18. The number of nitrogens with zero attached hydrogens (tertiary/aromatic N) is 3. The smallest absolute Gasteiger partial charge is 0.237 e. The molecule has 118 valence electrons. The van der Waals surface area contributed by atoms with E-state index in [1.54, 1.807) is 27.7 Å². The van der Waals surface area contributed by atoms with Crippen LogP contribution in [0.4, 0.5) is 0 Å². The first-order valence-electron chi connectivity index (χ1n) is 7.16. The van der Waals surface area contributed by atoms with Crippen LogP contribution in [-0.4, -0.2) is 26.4 Å². The predicted octanol–water partition coefficient (Wildman–Crippen LogP) is 2.83. The van der Waals surface area contributed by atoms with E-state index in [0.717, 1.165) is 22.2 Å². The second kappa shape index (κ2) is 7.43. The quantitative estimate of drug-likeness (QED) is 0.669. The number of nitrogens with two attached hydrogens (primary N) is 1. The molecule has 7 heteroatoms. The van der Waals surface area contributed by atoms with Crippen molar-refractivity contribution in [1.29, 1.82) is 0 Å². The van der Waals surface area contributed by atoms with E-state index in [9.17, 15) is 4.79 Å². The van der Waals surface area contributed by atoms with E-state index in [0.29, 0.717) is 5.82 Å². The molecule has 0 aliphatic carbocycles. The highest BCUT2D eigenvalue weighted by Crippen LogP contribution is 2.27. The third-order valence-corrected chi connectivity index (χ3v) is 5.07. The summed E-state index contributed by atoms with van der Waals surface area (Å²) in [5.41, 5.74) is 6.65. The van der Waals surface area contributed by atoms with Gasteiger partial charge in [0.25, 0.3) is 0 Å². The van der Waals surface area contributed by atoms with Gasteiger partial charge in [0.05, 0.1) is 4.88 Å². The lowest BCUT2D eigenvalue weighted by Crippen LogP contribution is -2.19. The molecule has 3 aromatic rings. The molecule has 1 aromatic carbocycles. The second-order valence-electron chi connectivity index (χ2n) is 4.92. The van der Waals surface area contributed by atoms with E-state index in [4.69, 9.17) is 5.73 Å². The summed E-state index contributed by atoms with van der Waals surface area (Å²) in [6.07, 6.45) is 0.934. The fourth-order valence-corrected chi connectivity index (χ4v) is 3.83. The summed E-state index contributed by atoms with van der Waals surface area (Å²) < 4.78 is 1.80. The Morgan fingerprint density at radius 3 is 2.70 bits per heavy atom. The normalized spacial score (nSPS) is 10.8. The van der Waals surface area contributed by atoms with Gasteiger partial charge in [0, 0.05) is 5.75 Å². The lowest BCUT2D eigenvalue weighted by Gasteiger charge is -2.07. The van der Waals surface area contributed by atoms with Crippen molar-refractivity contribution in [2.75, 3.05) is 5.75 Å². The van der Waals surface area contributed by atoms with Crippen LogP contribution in [0.15, 0.2) is 53.0 Å². The fraction of sp³-hybridized carbons (Fsp3) is 0.188. The number of hydrogen-bond acceptors (Lipinski definition) is 5. The highest BCUT2D eigenvalue weighted by Gasteiger charge is 2.16. The number of hydrogen-bond donors (Lipinski definition) is 1. The first-order valence-corrected chi connectivity index (χ1v) is 9.02. The number of carbonyl (C=O) groups is 1. The molecule has 3 rings (SSSR count). The van der Waals surface area contributed by atoms with Crippen molar-refractivity contribution in [3.63, 3.8) is 0 Å². The molecule has 0 aliphatic rings. The van der Waals surface area contributed by atoms with Crippen LogP contribution < -0.4 is 5.73 Å². The summed E-state index contributed by atoms with van der Waals surface area (Å²) in [5.74, 6) is 1.17. The van der Waals surface area contributed by atoms with Gasteiger partial charge in [0.2, 0.25) is 5.91 Å². The monoisotopic (exact) mass is 344 g/mol. The summed E-state index contributed by atoms with van der Waals surface area (Å²) in [7, 11) is 0. The number of rotatable bonds is 7. The highest BCUT2D eigenvalue weighted by molar-refractivity contribution is 7.99. The molecule has 0 spiro atoms. The van der Waals surface area contributed by atoms with Gasteiger partial charge in [-0.15, -0.1) is 21.5 Å². The molecule has 0 unspecified atom stereocenters. The minimum Gasteiger partial charge on any atom is -0.368 e. The third-order valence-electron chi connectivity index (χ3n) is 3.24. The zero-order valence-corrected chi connectivity index (χ0v) is 14.0. The number of carbonyl (C=O) groups excluding carboxylic acids is 1. The molecule has 0 aliphatic heterocycles. The maximum absolute atomic E-state index is 11.4. The molecule has 0 bridgehead atoms. The molecule has 0 fully saturated rings. The molecule has 0 atom stereocenters. The van der Waals surface area contributed by atoms with Crippen LogP contribution in [0.2, 0.25) is 0 Å². The zero-order valence-electron chi connectivity index (χ0n) is 12.4. The van der Waals surface area contributed by atoms with Crippen molar-refractivity contribution in [3.8, 4) is 10.7 Å². The molecular weight excluding hydrogens is 328 g/mol. The molecule has 0 saturated heterocycles. The first kappa shape index (κ1) is 15.8. The van der Waals surface area contributed by atoms with Gasteiger partial charge < -0.3 is 5.73 Å². The predicted molar refractivity (Wildman–Crippen MR) is 93.4 cm³/mol. The van der Waals surface area contributed by atoms with Gasteiger partial charge in [-0.25, -0.2) is 0 Å². The van der Waals surface area contributed by atoms with Crippen LogP contribution in [-0.2, 0) is 17.8 Å². The summed E-state index contributed by atoms with van der Waals surface area (Å²) in [4.78, 5) is 12.4. The number of aryl methyl sites for hydroxylation is 1. The van der Waals surface area contributed by atoms with Crippen LogP contribution in [0.25, 0.3) is 10.7 Å². The Kier molecular flexibility index (Phi) is 5.09. The first-order chi connectivity index (χ1) is 11.2. The Bertz CT molecular complexity index is 769. The number of aromatic nitrogens is 3. The van der Waals surface area contributed by atoms with Crippen LogP contribution in [0.3, 0.4) is 0 Å². The molecule has 0 radical (unpaired) electrons. The largest absolute Gasteiger partial charge is 0.368 e. The van der Waals surface area contributed by atoms with Gasteiger partial charge in [-0.05, 0) is 23.4 Å². The van der Waals surface area contributed by atoms with E-state index >= 15 is 0 Å². The van der Waals surface area contributed by atoms with Crippen molar-refractivity contribution in [2.24, 2.45) is 5.73 Å². The molecule has 23 heavy (non-hydrogen) atoms. The highest BCUT2D eigenvalue weighted by atomic mass is 32.2. The lowest BCUT2D eigenvalue weighted by atomic mass is 10.2. The number of amides is 1. The fourth-order valence-electron chi connectivity index (χ4n) is 2.19. The van der Waals surface area contributed by atoms with Crippen molar-refractivity contribution in [1.82, 2.24) is 14.8 Å². The average molecular weight is 344 g/mol. The molecule has 2 aromatic heterocycles. The summed E-state index contributed by atoms with van der Waals surface area (Å²) in [5, 5.41) is 11.2. The minimum atomic E-state index is -0.396. The van der Waals surface area contributed by atoms with E-state index in [1.807, 2.05) is 35.7 Å². The Morgan fingerprint density at radius 2 is 2.00 bits per heavy atom. The number of thioether (sulfide) groups is 1. The summed E-state index contributed by atoms with van der Waals surface area (Å²) in [6, 6.07) is 14.2. The Hall–Kier alpha value is -2.12. The van der Waals surface area contributed by atoms with Crippen LogP contribution in [0.5, 0.6) is 0 Å². The van der Waals surface area contributed by atoms with Gasteiger partial charge in [0.1, 0.15) is 6.54 Å². The molecule has 2 heterocycles. The van der Waals surface area contributed by atoms with Gasteiger partial charge in [-0.3, -0.25) is 9.36 Å². The van der Waals surface area contributed by atoms with Crippen molar-refractivity contribution < 1.29 is 4.79 Å². The number of thiophene rings is 1. The van der Waals surface area contributed by atoms with Crippen molar-refractivity contribution in [3.05, 3.63) is 53.4 Å². The molecular formula is C16H16N4OS2. The van der Waals surface area contributed by atoms with Gasteiger partial charge >= 0.3 is 0 Å².